The molecule has 1 amide bonds. The first-order chi connectivity index (χ1) is 11.3. The maximum atomic E-state index is 12.9. The summed E-state index contributed by atoms with van der Waals surface area (Å²) < 4.78 is 27.8. The molecule has 3 aliphatic rings. The van der Waals surface area contributed by atoms with Gasteiger partial charge in [-0.3, -0.25) is 4.79 Å². The van der Waals surface area contributed by atoms with Crippen LogP contribution in [0.4, 0.5) is 0 Å². The van der Waals surface area contributed by atoms with Gasteiger partial charge in [-0.15, -0.1) is 11.3 Å². The number of amides is 1. The molecule has 3 saturated heterocycles. The molecule has 3 fully saturated rings. The average Bonchev–Trinajstić information content (AvgIpc) is 2.77. The number of rotatable bonds is 4. The number of hydrogen-bond acceptors (Lipinski definition) is 4. The van der Waals surface area contributed by atoms with Crippen molar-refractivity contribution < 1.29 is 13.2 Å². The fourth-order valence-corrected chi connectivity index (χ4v) is 6.36. The molecule has 2 bridgehead atoms. The largest absolute Gasteiger partial charge is 0.334 e. The second-order valence-electron chi connectivity index (χ2n) is 6.89. The number of allylic oxidation sites excluding steroid dienone is 1. The van der Waals surface area contributed by atoms with E-state index in [9.17, 15) is 13.2 Å². The van der Waals surface area contributed by atoms with Gasteiger partial charge < -0.3 is 4.90 Å². The topological polar surface area (TPSA) is 57.7 Å². The Labute approximate surface area is 148 Å². The standard InChI is InChI=1S/C17H24N2O3S2/c1-12(2)8-9-19-15-6-5-14(17(19)20)10-18(11-15)24(21,22)16-7-4-13(3)23-16/h4,7-8,14-15H,5-6,9-11H2,1-3H3/t14-,15+/m1/s1. The first-order valence-electron chi connectivity index (χ1n) is 8.29. The minimum Gasteiger partial charge on any atom is -0.334 e. The van der Waals surface area contributed by atoms with E-state index in [1.807, 2.05) is 37.8 Å². The molecule has 3 aliphatic heterocycles. The zero-order valence-electron chi connectivity index (χ0n) is 14.4. The summed E-state index contributed by atoms with van der Waals surface area (Å²) in [5.74, 6) is -0.117. The molecule has 1 aromatic rings. The quantitative estimate of drug-likeness (QED) is 0.768. The Morgan fingerprint density at radius 1 is 1.29 bits per heavy atom. The molecule has 0 saturated carbocycles. The molecule has 4 heterocycles. The van der Waals surface area contributed by atoms with Crippen LogP contribution in [0.3, 0.4) is 0 Å². The number of sulfonamides is 1. The number of fused-ring (bicyclic) bond motifs is 4. The molecule has 0 aromatic carbocycles. The predicted molar refractivity (Wildman–Crippen MR) is 95.5 cm³/mol. The zero-order chi connectivity index (χ0) is 17.5. The van der Waals surface area contributed by atoms with Crippen molar-refractivity contribution in [1.82, 2.24) is 9.21 Å². The van der Waals surface area contributed by atoms with Gasteiger partial charge in [0.2, 0.25) is 5.91 Å². The Bertz CT molecular complexity index is 763. The summed E-state index contributed by atoms with van der Waals surface area (Å²) in [6.07, 6.45) is 3.70. The van der Waals surface area contributed by atoms with Crippen molar-refractivity contribution in [2.24, 2.45) is 5.92 Å². The lowest BCUT2D eigenvalue weighted by molar-refractivity contribution is -0.139. The van der Waals surface area contributed by atoms with Gasteiger partial charge in [-0.2, -0.15) is 4.31 Å². The SMILES string of the molecule is CC(C)=CCN1C(=O)[C@@H]2CC[C@H]1CN(S(=O)(=O)c1ccc(C)s1)C2. The second-order valence-corrected chi connectivity index (χ2v) is 10.3. The van der Waals surface area contributed by atoms with E-state index in [1.54, 1.807) is 6.07 Å². The highest BCUT2D eigenvalue weighted by Crippen LogP contribution is 2.33. The Morgan fingerprint density at radius 3 is 2.67 bits per heavy atom. The van der Waals surface area contributed by atoms with Gasteiger partial charge in [-0.05, 0) is 45.7 Å². The summed E-state index contributed by atoms with van der Waals surface area (Å²) in [7, 11) is -3.51. The van der Waals surface area contributed by atoms with Gasteiger partial charge in [0.25, 0.3) is 10.0 Å². The smallest absolute Gasteiger partial charge is 0.252 e. The monoisotopic (exact) mass is 368 g/mol. The molecule has 1 aromatic heterocycles. The summed E-state index contributed by atoms with van der Waals surface area (Å²) in [5.41, 5.74) is 1.17. The number of nitrogens with zero attached hydrogens (tertiary/aromatic N) is 2. The lowest BCUT2D eigenvalue weighted by Crippen LogP contribution is -2.48. The Balaban J connectivity index is 1.87. The Kier molecular flexibility index (Phi) is 4.86. The number of piperidine rings is 1. The molecule has 2 atom stereocenters. The van der Waals surface area contributed by atoms with Gasteiger partial charge in [-0.25, -0.2) is 8.42 Å². The van der Waals surface area contributed by atoms with Crippen molar-refractivity contribution in [3.05, 3.63) is 28.7 Å². The van der Waals surface area contributed by atoms with Gasteiger partial charge in [0.05, 0.1) is 5.92 Å². The van der Waals surface area contributed by atoms with Crippen LogP contribution in [0.1, 0.15) is 31.6 Å². The van der Waals surface area contributed by atoms with Crippen molar-refractivity contribution in [2.75, 3.05) is 19.6 Å². The predicted octanol–water partition coefficient (Wildman–Crippen LogP) is 2.63. The summed E-state index contributed by atoms with van der Waals surface area (Å²) in [4.78, 5) is 15.6. The van der Waals surface area contributed by atoms with Crippen LogP contribution in [0.15, 0.2) is 28.0 Å². The van der Waals surface area contributed by atoms with Gasteiger partial charge in [0.15, 0.2) is 0 Å². The average molecular weight is 369 g/mol. The van der Waals surface area contributed by atoms with Crippen LogP contribution in [0.25, 0.3) is 0 Å². The van der Waals surface area contributed by atoms with Crippen LogP contribution in [0.5, 0.6) is 0 Å². The van der Waals surface area contributed by atoms with Crippen LogP contribution in [0, 0.1) is 12.8 Å². The minimum absolute atomic E-state index is 0.0253. The fraction of sp³-hybridized carbons (Fsp3) is 0.588. The normalized spacial score (nSPS) is 25.0. The van der Waals surface area contributed by atoms with E-state index < -0.39 is 10.0 Å². The van der Waals surface area contributed by atoms with Crippen LogP contribution >= 0.6 is 11.3 Å². The molecule has 0 unspecified atom stereocenters. The third-order valence-electron chi connectivity index (χ3n) is 4.77. The molecular formula is C17H24N2O3S2. The number of hydrogen-bond donors (Lipinski definition) is 0. The molecule has 5 nitrogen and oxygen atoms in total. The van der Waals surface area contributed by atoms with E-state index in [0.717, 1.165) is 17.7 Å². The van der Waals surface area contributed by atoms with E-state index in [1.165, 1.54) is 21.2 Å². The summed E-state index contributed by atoms with van der Waals surface area (Å²) in [6, 6.07) is 3.48. The molecule has 0 N–H and O–H groups in total. The highest BCUT2D eigenvalue weighted by molar-refractivity contribution is 7.91. The molecule has 24 heavy (non-hydrogen) atoms. The van der Waals surface area contributed by atoms with Crippen LogP contribution in [0.2, 0.25) is 0 Å². The maximum Gasteiger partial charge on any atom is 0.252 e. The third-order valence-corrected chi connectivity index (χ3v) is 8.07. The highest BCUT2D eigenvalue weighted by Gasteiger charge is 2.43. The lowest BCUT2D eigenvalue weighted by atomic mass is 9.94. The van der Waals surface area contributed by atoms with E-state index in [2.05, 4.69) is 0 Å². The van der Waals surface area contributed by atoms with Crippen molar-refractivity contribution in [2.45, 2.75) is 43.9 Å². The van der Waals surface area contributed by atoms with E-state index in [0.29, 0.717) is 23.8 Å². The first kappa shape index (κ1) is 17.6. The van der Waals surface area contributed by atoms with Crippen LogP contribution in [-0.2, 0) is 14.8 Å². The number of carbonyl (C=O) groups is 1. The molecule has 7 heteroatoms. The lowest BCUT2D eigenvalue weighted by Gasteiger charge is -2.35. The minimum atomic E-state index is -3.51. The van der Waals surface area contributed by atoms with Crippen molar-refractivity contribution in [3.63, 3.8) is 0 Å². The number of carbonyl (C=O) groups excluding carboxylic acids is 1. The highest BCUT2D eigenvalue weighted by atomic mass is 32.2. The zero-order valence-corrected chi connectivity index (χ0v) is 16.0. The van der Waals surface area contributed by atoms with E-state index in [4.69, 9.17) is 0 Å². The third kappa shape index (κ3) is 3.30. The maximum absolute atomic E-state index is 12.9. The van der Waals surface area contributed by atoms with Gasteiger partial charge in [-0.1, -0.05) is 11.6 Å². The van der Waals surface area contributed by atoms with Gasteiger partial charge in [0.1, 0.15) is 4.21 Å². The molecule has 0 radical (unpaired) electrons. The van der Waals surface area contributed by atoms with Crippen molar-refractivity contribution >= 4 is 27.3 Å². The second kappa shape index (κ2) is 6.61. The van der Waals surface area contributed by atoms with E-state index in [-0.39, 0.29) is 17.9 Å². The molecule has 0 aliphatic carbocycles. The van der Waals surface area contributed by atoms with E-state index >= 15 is 0 Å². The number of thiophene rings is 1. The van der Waals surface area contributed by atoms with Crippen LogP contribution < -0.4 is 0 Å². The summed E-state index contributed by atoms with van der Waals surface area (Å²) >= 11 is 1.30. The molecule has 132 valence electrons. The Hall–Kier alpha value is -1.18. The van der Waals surface area contributed by atoms with Crippen molar-refractivity contribution in [1.29, 1.82) is 0 Å². The number of aryl methyl sites for hydroxylation is 1. The summed E-state index contributed by atoms with van der Waals surface area (Å²) in [5, 5.41) is 0. The molecular weight excluding hydrogens is 344 g/mol. The molecule has 4 rings (SSSR count). The Morgan fingerprint density at radius 2 is 2.04 bits per heavy atom. The van der Waals surface area contributed by atoms with Gasteiger partial charge in [0, 0.05) is 30.6 Å². The summed E-state index contributed by atoms with van der Waals surface area (Å²) in [6.45, 7) is 7.21. The fourth-order valence-electron chi connectivity index (χ4n) is 3.40. The van der Waals surface area contributed by atoms with Crippen molar-refractivity contribution in [3.8, 4) is 0 Å². The molecule has 0 spiro atoms. The van der Waals surface area contributed by atoms with Gasteiger partial charge >= 0.3 is 0 Å². The first-order valence-corrected chi connectivity index (χ1v) is 10.5. The van der Waals surface area contributed by atoms with Crippen LogP contribution in [-0.4, -0.2) is 49.2 Å².